The van der Waals surface area contributed by atoms with Crippen LogP contribution in [0.1, 0.15) is 25.0 Å². The summed E-state index contributed by atoms with van der Waals surface area (Å²) < 4.78 is 0. The number of anilines is 1. The van der Waals surface area contributed by atoms with Gasteiger partial charge in [0.05, 0.1) is 5.02 Å². The number of nitrogens with zero attached hydrogens (tertiary/aromatic N) is 2. The molecule has 4 nitrogen and oxygen atoms in total. The summed E-state index contributed by atoms with van der Waals surface area (Å²) in [5.41, 5.74) is 0.115. The zero-order valence-electron chi connectivity index (χ0n) is 17.1. The predicted molar refractivity (Wildman–Crippen MR) is 125 cm³/mol. The summed E-state index contributed by atoms with van der Waals surface area (Å²) in [6.07, 6.45) is -1.19. The van der Waals surface area contributed by atoms with E-state index in [2.05, 4.69) is 18.7 Å². The molecule has 2 N–H and O–H groups in total. The van der Waals surface area contributed by atoms with Crippen LogP contribution in [0.5, 0.6) is 0 Å². The van der Waals surface area contributed by atoms with E-state index < -0.39 is 11.8 Å². The minimum absolute atomic E-state index is 0.345. The van der Waals surface area contributed by atoms with Gasteiger partial charge in [-0.1, -0.05) is 79.5 Å². The van der Waals surface area contributed by atoms with Crippen LogP contribution in [0, 0.1) is 0 Å². The molecular formula is C24H26Cl2N2O2. The number of fused-ring (bicyclic) bond motifs is 2. The summed E-state index contributed by atoms with van der Waals surface area (Å²) >= 11 is 12.9. The Morgan fingerprint density at radius 3 is 2.47 bits per heavy atom. The number of rotatable bonds is 6. The Balaban J connectivity index is 1.89. The number of aliphatic hydroxyl groups excluding tert-OH is 1. The van der Waals surface area contributed by atoms with Gasteiger partial charge in [-0.25, -0.2) is 0 Å². The predicted octanol–water partition coefficient (Wildman–Crippen LogP) is 4.86. The van der Waals surface area contributed by atoms with Gasteiger partial charge in [-0.3, -0.25) is 0 Å². The van der Waals surface area contributed by atoms with Gasteiger partial charge in [-0.15, -0.1) is 0 Å². The lowest BCUT2D eigenvalue weighted by Crippen LogP contribution is -2.48. The van der Waals surface area contributed by atoms with Crippen molar-refractivity contribution in [2.24, 2.45) is 0 Å². The maximum atomic E-state index is 12.1. The fourth-order valence-corrected chi connectivity index (χ4v) is 5.14. The van der Waals surface area contributed by atoms with Crippen molar-refractivity contribution in [2.75, 3.05) is 31.1 Å². The molecule has 30 heavy (non-hydrogen) atoms. The van der Waals surface area contributed by atoms with E-state index in [4.69, 9.17) is 23.2 Å². The molecular weight excluding hydrogens is 419 g/mol. The normalized spacial score (nSPS) is 20.9. The molecule has 0 fully saturated rings. The molecule has 4 rings (SSSR count). The smallest absolute Gasteiger partial charge is 0.164 e. The first-order valence-corrected chi connectivity index (χ1v) is 11.0. The van der Waals surface area contributed by atoms with E-state index in [-0.39, 0.29) is 0 Å². The zero-order valence-corrected chi connectivity index (χ0v) is 18.7. The van der Waals surface area contributed by atoms with Crippen molar-refractivity contribution in [1.82, 2.24) is 4.90 Å². The highest BCUT2D eigenvalue weighted by Crippen LogP contribution is 2.52. The van der Waals surface area contributed by atoms with Gasteiger partial charge in [0.15, 0.2) is 11.8 Å². The SMILES string of the molecule is CCN(CC)CCN1c2cc(Cl)cc(Cl)c2C(O)(c2cccc3ccccc23)C1O. The van der Waals surface area contributed by atoms with Crippen molar-refractivity contribution in [3.63, 3.8) is 0 Å². The summed E-state index contributed by atoms with van der Waals surface area (Å²) in [4.78, 5) is 4.08. The molecule has 0 bridgehead atoms. The third-order valence-electron chi connectivity index (χ3n) is 6.15. The second-order valence-corrected chi connectivity index (χ2v) is 8.51. The van der Waals surface area contributed by atoms with Crippen molar-refractivity contribution in [1.29, 1.82) is 0 Å². The van der Waals surface area contributed by atoms with Gasteiger partial charge in [0.1, 0.15) is 0 Å². The van der Waals surface area contributed by atoms with E-state index in [0.717, 1.165) is 30.4 Å². The maximum absolute atomic E-state index is 12.1. The lowest BCUT2D eigenvalue weighted by molar-refractivity contribution is -0.0377. The average Bonchev–Trinajstić information content (AvgIpc) is 2.96. The molecule has 3 aromatic rings. The molecule has 0 amide bonds. The van der Waals surface area contributed by atoms with Crippen LogP contribution in [0.3, 0.4) is 0 Å². The van der Waals surface area contributed by atoms with Crippen LogP contribution in [0.15, 0.2) is 54.6 Å². The van der Waals surface area contributed by atoms with E-state index in [9.17, 15) is 10.2 Å². The number of aliphatic hydroxyl groups is 2. The standard InChI is InChI=1S/C24H26Cl2N2O2/c1-3-27(4-2)12-13-28-21-15-17(25)14-20(26)22(21)24(30,23(28)29)19-11-7-9-16-8-5-6-10-18(16)19/h5-11,14-15,23,29-30H,3-4,12-13H2,1-2H3. The number of benzene rings is 3. The lowest BCUT2D eigenvalue weighted by Gasteiger charge is -2.34. The third-order valence-corrected chi connectivity index (χ3v) is 6.66. The van der Waals surface area contributed by atoms with Crippen LogP contribution in [-0.2, 0) is 5.60 Å². The van der Waals surface area contributed by atoms with Crippen LogP contribution < -0.4 is 4.90 Å². The van der Waals surface area contributed by atoms with E-state index in [1.165, 1.54) is 0 Å². The van der Waals surface area contributed by atoms with Gasteiger partial charge in [-0.2, -0.15) is 0 Å². The molecule has 0 spiro atoms. The van der Waals surface area contributed by atoms with Gasteiger partial charge < -0.3 is 20.0 Å². The Labute approximate surface area is 187 Å². The molecule has 0 radical (unpaired) electrons. The Morgan fingerprint density at radius 1 is 1.03 bits per heavy atom. The van der Waals surface area contributed by atoms with Gasteiger partial charge in [0.25, 0.3) is 0 Å². The molecule has 2 unspecified atom stereocenters. The van der Waals surface area contributed by atoms with Crippen LogP contribution in [-0.4, -0.2) is 47.5 Å². The summed E-state index contributed by atoms with van der Waals surface area (Å²) in [6, 6.07) is 17.0. The maximum Gasteiger partial charge on any atom is 0.164 e. The minimum Gasteiger partial charge on any atom is -0.375 e. The highest BCUT2D eigenvalue weighted by atomic mass is 35.5. The van der Waals surface area contributed by atoms with Gasteiger partial charge in [0.2, 0.25) is 0 Å². The van der Waals surface area contributed by atoms with E-state index >= 15 is 0 Å². The largest absolute Gasteiger partial charge is 0.375 e. The van der Waals surface area contributed by atoms with Crippen molar-refractivity contribution >= 4 is 39.7 Å². The van der Waals surface area contributed by atoms with Crippen LogP contribution in [0.25, 0.3) is 10.8 Å². The van der Waals surface area contributed by atoms with Gasteiger partial charge in [-0.05, 0) is 36.0 Å². The fraction of sp³-hybridized carbons (Fsp3) is 0.333. The second-order valence-electron chi connectivity index (χ2n) is 7.67. The molecule has 158 valence electrons. The fourth-order valence-electron chi connectivity index (χ4n) is 4.51. The number of hydrogen-bond acceptors (Lipinski definition) is 4. The molecule has 3 aromatic carbocycles. The van der Waals surface area contributed by atoms with Crippen LogP contribution >= 0.6 is 23.2 Å². The summed E-state index contributed by atoms with van der Waals surface area (Å²) in [7, 11) is 0. The molecule has 0 saturated carbocycles. The van der Waals surface area contributed by atoms with E-state index in [1.54, 1.807) is 12.1 Å². The van der Waals surface area contributed by atoms with Crippen LogP contribution in [0.2, 0.25) is 10.0 Å². The molecule has 0 aliphatic carbocycles. The Hall–Kier alpha value is -1.82. The Kier molecular flexibility index (Phi) is 5.97. The number of hydrogen-bond donors (Lipinski definition) is 2. The molecule has 2 atom stereocenters. The first-order chi connectivity index (χ1) is 14.4. The Morgan fingerprint density at radius 2 is 1.73 bits per heavy atom. The molecule has 0 saturated heterocycles. The first kappa shape index (κ1) is 21.4. The monoisotopic (exact) mass is 444 g/mol. The highest BCUT2D eigenvalue weighted by molar-refractivity contribution is 6.36. The zero-order chi connectivity index (χ0) is 21.5. The quantitative estimate of drug-likeness (QED) is 0.569. The van der Waals surface area contributed by atoms with Crippen molar-refractivity contribution in [3.8, 4) is 0 Å². The minimum atomic E-state index is -1.68. The lowest BCUT2D eigenvalue weighted by atomic mass is 9.84. The van der Waals surface area contributed by atoms with Gasteiger partial charge in [0, 0.05) is 34.9 Å². The number of halogens is 2. The third kappa shape index (κ3) is 3.37. The Bertz CT molecular complexity index is 1070. The van der Waals surface area contributed by atoms with Crippen molar-refractivity contribution in [2.45, 2.75) is 25.7 Å². The summed E-state index contributed by atoms with van der Waals surface area (Å²) in [5.74, 6) is 0. The molecule has 1 aliphatic rings. The number of likely N-dealkylation sites (N-methyl/N-ethyl adjacent to an activating group) is 1. The topological polar surface area (TPSA) is 46.9 Å². The molecule has 1 heterocycles. The summed E-state index contributed by atoms with van der Waals surface area (Å²) in [6.45, 7) is 7.34. The van der Waals surface area contributed by atoms with E-state index in [0.29, 0.717) is 33.4 Å². The van der Waals surface area contributed by atoms with Crippen molar-refractivity contribution in [3.05, 3.63) is 75.8 Å². The first-order valence-electron chi connectivity index (χ1n) is 10.3. The van der Waals surface area contributed by atoms with Crippen molar-refractivity contribution < 1.29 is 10.2 Å². The van der Waals surface area contributed by atoms with E-state index in [1.807, 2.05) is 47.4 Å². The van der Waals surface area contributed by atoms with Crippen LogP contribution in [0.4, 0.5) is 5.69 Å². The average molecular weight is 445 g/mol. The molecule has 1 aliphatic heterocycles. The highest BCUT2D eigenvalue weighted by Gasteiger charge is 2.52. The molecule has 0 aromatic heterocycles. The summed E-state index contributed by atoms with van der Waals surface area (Å²) in [5, 5.41) is 26.2. The molecule has 6 heteroatoms. The second kappa shape index (κ2) is 8.37. The van der Waals surface area contributed by atoms with Gasteiger partial charge >= 0.3 is 0 Å².